The molecule has 0 aliphatic rings. The quantitative estimate of drug-likeness (QED) is 0.465. The van der Waals surface area contributed by atoms with Gasteiger partial charge in [-0.3, -0.25) is 20.6 Å². The van der Waals surface area contributed by atoms with Crippen LogP contribution < -0.4 is 5.73 Å². The van der Waals surface area contributed by atoms with Crippen LogP contribution in [0.3, 0.4) is 0 Å². The monoisotopic (exact) mass is 211 g/mol. The number of nitrogens with one attached hydrogen (secondary N) is 1. The number of carbonyl (C=O) groups excluding carboxylic acids is 1. The highest BCUT2D eigenvalue weighted by molar-refractivity contribution is 7.81. The molecule has 1 rings (SSSR count). The summed E-state index contributed by atoms with van der Waals surface area (Å²) in [6.45, 7) is 0. The van der Waals surface area contributed by atoms with E-state index >= 15 is 0 Å². The van der Waals surface area contributed by atoms with Crippen molar-refractivity contribution in [1.29, 1.82) is 0 Å². The number of nitrogens with zero attached hydrogens (tertiary/aromatic N) is 1. The Morgan fingerprint density at radius 2 is 1.93 bits per heavy atom. The summed E-state index contributed by atoms with van der Waals surface area (Å²) in [6.07, 6.45) is 0. The molecule has 1 unspecified atom stereocenters. The molecule has 0 saturated carbocycles. The number of carbonyl (C=O) groups is 1. The van der Waals surface area contributed by atoms with Crippen molar-refractivity contribution in [3.05, 3.63) is 39.9 Å². The zero-order valence-electron chi connectivity index (χ0n) is 7.01. The lowest BCUT2D eigenvalue weighted by Crippen LogP contribution is -2.06. The molecule has 0 spiro atoms. The molecule has 5 nitrogen and oxygen atoms in total. The minimum absolute atomic E-state index is 0.0493. The molecule has 0 heterocycles. The first kappa shape index (κ1) is 10.5. The second-order valence-electron chi connectivity index (χ2n) is 2.62. The highest BCUT2D eigenvalue weighted by atomic mass is 32.1. The molecule has 1 N–H and O–H groups in total. The van der Waals surface area contributed by atoms with E-state index in [0.29, 0.717) is 5.56 Å². The summed E-state index contributed by atoms with van der Waals surface area (Å²) in [5, 5.41) is 9.46. The number of benzene rings is 1. The third-order valence-electron chi connectivity index (χ3n) is 1.67. The maximum atomic E-state index is 10.6. The maximum Gasteiger partial charge on any atom is 0.269 e. The minimum atomic E-state index is -0.837. The van der Waals surface area contributed by atoms with Gasteiger partial charge in [0, 0.05) is 12.1 Å². The smallest absolute Gasteiger partial charge is 0.269 e. The Balaban J connectivity index is 2.94. The van der Waals surface area contributed by atoms with Gasteiger partial charge in [-0.1, -0.05) is 12.1 Å². The van der Waals surface area contributed by atoms with Gasteiger partial charge >= 0.3 is 0 Å². The first-order valence-electron chi connectivity index (χ1n) is 3.70. The Bertz CT molecular complexity index is 363. The predicted octanol–water partition coefficient (Wildman–Crippen LogP) is 1.38. The van der Waals surface area contributed by atoms with Crippen LogP contribution in [0.15, 0.2) is 24.3 Å². The number of nitro groups is 1. The average Bonchev–Trinajstić information content (AvgIpc) is 2.16. The van der Waals surface area contributed by atoms with Crippen LogP contribution in [-0.2, 0) is 4.79 Å². The van der Waals surface area contributed by atoms with Gasteiger partial charge in [-0.15, -0.1) is 0 Å². The number of non-ortho nitro benzene ring substituents is 1. The van der Waals surface area contributed by atoms with Crippen molar-refractivity contribution in [2.45, 2.75) is 5.25 Å². The Hall–Kier alpha value is -1.56. The Morgan fingerprint density at radius 3 is 2.29 bits per heavy atom. The number of hydrogen-bond donors (Lipinski definition) is 1. The summed E-state index contributed by atoms with van der Waals surface area (Å²) in [5.74, 6) is -0.831. The van der Waals surface area contributed by atoms with Crippen molar-refractivity contribution < 1.29 is 9.72 Å². The minimum Gasteiger partial charge on any atom is -0.272 e. The molecule has 0 saturated heterocycles. The highest BCUT2D eigenvalue weighted by Crippen LogP contribution is 2.22. The fraction of sp³-hybridized carbons (Fsp3) is 0.125. The lowest BCUT2D eigenvalue weighted by atomic mass is 10.1. The van der Waals surface area contributed by atoms with Crippen LogP contribution in [0.25, 0.3) is 0 Å². The van der Waals surface area contributed by atoms with E-state index in [9.17, 15) is 14.9 Å². The first-order chi connectivity index (χ1) is 6.52. The predicted molar refractivity (Wildman–Crippen MR) is 52.9 cm³/mol. The van der Waals surface area contributed by atoms with Gasteiger partial charge in [0.2, 0.25) is 0 Å². The van der Waals surface area contributed by atoms with Gasteiger partial charge in [0.1, 0.15) is 5.25 Å². The van der Waals surface area contributed by atoms with E-state index in [1.54, 1.807) is 0 Å². The van der Waals surface area contributed by atoms with Gasteiger partial charge in [0.25, 0.3) is 11.6 Å². The van der Waals surface area contributed by atoms with Crippen LogP contribution in [0, 0.1) is 10.1 Å². The third-order valence-corrected chi connectivity index (χ3v) is 2.20. The lowest BCUT2D eigenvalue weighted by molar-refractivity contribution is -0.384. The molecule has 1 aromatic rings. The van der Waals surface area contributed by atoms with Crippen molar-refractivity contribution >= 4 is 24.2 Å². The number of hydrogen-bond acceptors (Lipinski definition) is 4. The molecule has 0 aromatic heterocycles. The molecule has 0 bridgehead atoms. The second-order valence-corrected chi connectivity index (χ2v) is 3.13. The van der Waals surface area contributed by atoms with Crippen LogP contribution in [0.2, 0.25) is 0 Å². The summed E-state index contributed by atoms with van der Waals surface area (Å²) >= 11 is 3.89. The summed E-state index contributed by atoms with van der Waals surface area (Å²) in [5.41, 5.74) is 7.25. The van der Waals surface area contributed by atoms with E-state index in [-0.39, 0.29) is 5.69 Å². The van der Waals surface area contributed by atoms with Crippen molar-refractivity contribution in [2.75, 3.05) is 0 Å². The molecule has 0 aliphatic carbocycles. The van der Waals surface area contributed by atoms with Crippen LogP contribution in [-0.4, -0.2) is 10.8 Å². The summed E-state index contributed by atoms with van der Waals surface area (Å²) in [6, 6.07) is 5.40. The molecule has 0 aliphatic heterocycles. The summed E-state index contributed by atoms with van der Waals surface area (Å²) in [4.78, 5) is 20.4. The van der Waals surface area contributed by atoms with Gasteiger partial charge in [-0.2, -0.15) is 12.6 Å². The lowest BCUT2D eigenvalue weighted by Gasteiger charge is -2.04. The van der Waals surface area contributed by atoms with Gasteiger partial charge in [-0.05, 0) is 5.56 Å². The zero-order chi connectivity index (χ0) is 10.7. The van der Waals surface area contributed by atoms with Crippen molar-refractivity contribution in [1.82, 2.24) is 5.73 Å². The van der Waals surface area contributed by atoms with Crippen LogP contribution in [0.5, 0.6) is 0 Å². The largest absolute Gasteiger partial charge is 0.272 e. The standard InChI is InChI=1S/C8H7N2O3S/c9-8(11)7(14)5-1-3-6(4-2-5)10(12)13/h1-4,7,9,14H. The Kier molecular flexibility index (Phi) is 3.08. The third kappa shape index (κ3) is 2.23. The van der Waals surface area contributed by atoms with Gasteiger partial charge < -0.3 is 0 Å². The van der Waals surface area contributed by atoms with E-state index in [1.165, 1.54) is 24.3 Å². The fourth-order valence-electron chi connectivity index (χ4n) is 0.930. The van der Waals surface area contributed by atoms with Crippen molar-refractivity contribution in [2.24, 2.45) is 0 Å². The Morgan fingerprint density at radius 1 is 1.43 bits per heavy atom. The second kappa shape index (κ2) is 4.10. The molecule has 1 radical (unpaired) electrons. The molecule has 1 amide bonds. The first-order valence-corrected chi connectivity index (χ1v) is 4.22. The average molecular weight is 211 g/mol. The molecular weight excluding hydrogens is 204 g/mol. The molecule has 0 fully saturated rings. The van der Waals surface area contributed by atoms with Crippen LogP contribution in [0.1, 0.15) is 10.8 Å². The SMILES string of the molecule is [NH]C(=O)C(S)c1ccc([N+](=O)[O-])cc1. The molecule has 1 atom stereocenters. The number of nitro benzene ring substituents is 1. The van der Waals surface area contributed by atoms with E-state index in [1.807, 2.05) is 0 Å². The fourth-order valence-corrected chi connectivity index (χ4v) is 1.10. The number of amides is 1. The zero-order valence-corrected chi connectivity index (χ0v) is 7.90. The van der Waals surface area contributed by atoms with Crippen molar-refractivity contribution in [3.8, 4) is 0 Å². The summed E-state index contributed by atoms with van der Waals surface area (Å²) < 4.78 is 0. The van der Waals surface area contributed by atoms with E-state index in [4.69, 9.17) is 5.73 Å². The molecular formula is C8H7N2O3S. The van der Waals surface area contributed by atoms with Crippen LogP contribution in [0.4, 0.5) is 5.69 Å². The number of rotatable bonds is 3. The molecule has 1 aromatic carbocycles. The van der Waals surface area contributed by atoms with Gasteiger partial charge in [0.15, 0.2) is 0 Å². The van der Waals surface area contributed by atoms with Crippen molar-refractivity contribution in [3.63, 3.8) is 0 Å². The Labute approximate surface area is 85.5 Å². The van der Waals surface area contributed by atoms with E-state index in [2.05, 4.69) is 12.6 Å². The maximum absolute atomic E-state index is 10.6. The van der Waals surface area contributed by atoms with Crippen LogP contribution >= 0.6 is 12.6 Å². The molecule has 73 valence electrons. The topological polar surface area (TPSA) is 84.0 Å². The van der Waals surface area contributed by atoms with Gasteiger partial charge in [-0.25, -0.2) is 0 Å². The molecule has 14 heavy (non-hydrogen) atoms. The summed E-state index contributed by atoms with van der Waals surface area (Å²) in [7, 11) is 0. The van der Waals surface area contributed by atoms with E-state index in [0.717, 1.165) is 0 Å². The molecule has 6 heteroatoms. The highest BCUT2D eigenvalue weighted by Gasteiger charge is 2.14. The normalized spacial score (nSPS) is 12.1. The van der Waals surface area contributed by atoms with Gasteiger partial charge in [0.05, 0.1) is 4.92 Å². The van der Waals surface area contributed by atoms with E-state index < -0.39 is 16.1 Å². The number of thiol groups is 1.